The van der Waals surface area contributed by atoms with E-state index in [1.54, 1.807) is 28.5 Å². The smallest absolute Gasteiger partial charge is 0.261 e. The minimum absolute atomic E-state index is 0.0455. The van der Waals surface area contributed by atoms with Crippen LogP contribution in [0.4, 0.5) is 0 Å². The van der Waals surface area contributed by atoms with Crippen molar-refractivity contribution in [3.05, 3.63) is 57.5 Å². The number of halogens is 1. The van der Waals surface area contributed by atoms with Crippen LogP contribution in [0.2, 0.25) is 0 Å². The van der Waals surface area contributed by atoms with Gasteiger partial charge in [-0.25, -0.2) is 4.52 Å². The van der Waals surface area contributed by atoms with Gasteiger partial charge in [0.15, 0.2) is 5.76 Å². The van der Waals surface area contributed by atoms with Crippen LogP contribution in [0.5, 0.6) is 0 Å². The molecule has 0 atom stereocenters. The molecule has 0 unspecified atom stereocenters. The Morgan fingerprint density at radius 1 is 1.24 bits per heavy atom. The molecule has 3 aromatic heterocycles. The Hall–Kier alpha value is -2.34. The quantitative estimate of drug-likeness (QED) is 0.533. The lowest BCUT2D eigenvalue weighted by Gasteiger charge is -2.06. The maximum atomic E-state index is 12.4. The Morgan fingerprint density at radius 2 is 2.10 bits per heavy atom. The summed E-state index contributed by atoms with van der Waals surface area (Å²) in [5.41, 5.74) is 2.13. The van der Waals surface area contributed by atoms with E-state index >= 15 is 0 Å². The second-order valence-electron chi connectivity index (χ2n) is 4.80. The molecule has 0 aliphatic carbocycles. The molecule has 0 fully saturated rings. The van der Waals surface area contributed by atoms with Crippen molar-refractivity contribution in [1.82, 2.24) is 14.2 Å². The molecule has 4 aromatic rings. The number of nitrogens with zero attached hydrogens (tertiary/aromatic N) is 3. The van der Waals surface area contributed by atoms with Crippen LogP contribution in [0.3, 0.4) is 0 Å². The van der Waals surface area contributed by atoms with Gasteiger partial charge in [-0.15, -0.1) is 0 Å². The number of hydrogen-bond donors (Lipinski definition) is 0. The van der Waals surface area contributed by atoms with Crippen LogP contribution in [0.25, 0.3) is 28.0 Å². The lowest BCUT2D eigenvalue weighted by atomic mass is 10.2. The van der Waals surface area contributed by atoms with Crippen molar-refractivity contribution in [3.8, 4) is 11.5 Å². The Bertz CT molecular complexity index is 1030. The van der Waals surface area contributed by atoms with Crippen LogP contribution < -0.4 is 5.56 Å². The van der Waals surface area contributed by atoms with Crippen molar-refractivity contribution in [2.75, 3.05) is 0 Å². The van der Waals surface area contributed by atoms with Gasteiger partial charge < -0.3 is 4.42 Å². The number of aryl methyl sites for hydroxylation is 1. The van der Waals surface area contributed by atoms with E-state index in [-0.39, 0.29) is 5.56 Å². The van der Waals surface area contributed by atoms with Crippen LogP contribution in [0, 0.1) is 0 Å². The van der Waals surface area contributed by atoms with Gasteiger partial charge in [0.05, 0.1) is 17.2 Å². The van der Waals surface area contributed by atoms with Crippen molar-refractivity contribution in [2.45, 2.75) is 0 Å². The molecule has 104 valence electrons. The van der Waals surface area contributed by atoms with Crippen molar-refractivity contribution in [1.29, 1.82) is 0 Å². The summed E-state index contributed by atoms with van der Waals surface area (Å²) in [5.74, 6) is 0.675. The molecule has 4 rings (SSSR count). The van der Waals surface area contributed by atoms with E-state index in [4.69, 9.17) is 4.42 Å². The monoisotopic (exact) mass is 343 g/mol. The Labute approximate surface area is 127 Å². The van der Waals surface area contributed by atoms with Crippen LogP contribution in [0.1, 0.15) is 0 Å². The molecule has 0 N–H and O–H groups in total. The highest BCUT2D eigenvalue weighted by Crippen LogP contribution is 2.23. The van der Waals surface area contributed by atoms with Gasteiger partial charge in [0, 0.05) is 17.6 Å². The molecule has 0 radical (unpaired) electrons. The normalized spacial score (nSPS) is 11.5. The molecule has 0 bridgehead atoms. The van der Waals surface area contributed by atoms with E-state index < -0.39 is 0 Å². The summed E-state index contributed by atoms with van der Waals surface area (Å²) in [7, 11) is 1.74. The van der Waals surface area contributed by atoms with Gasteiger partial charge >= 0.3 is 0 Å². The van der Waals surface area contributed by atoms with Gasteiger partial charge in [-0.1, -0.05) is 15.9 Å². The van der Waals surface area contributed by atoms with E-state index in [1.807, 2.05) is 30.3 Å². The van der Waals surface area contributed by atoms with Crippen LogP contribution >= 0.6 is 15.9 Å². The molecule has 21 heavy (non-hydrogen) atoms. The summed E-state index contributed by atoms with van der Waals surface area (Å²) >= 11 is 3.44. The number of fused-ring (bicyclic) bond motifs is 3. The fourth-order valence-electron chi connectivity index (χ4n) is 2.48. The van der Waals surface area contributed by atoms with Crippen molar-refractivity contribution < 1.29 is 4.42 Å². The molecule has 0 saturated heterocycles. The Morgan fingerprint density at radius 3 is 2.86 bits per heavy atom. The molecule has 5 nitrogen and oxygen atoms in total. The fraction of sp³-hybridized carbons (Fsp3) is 0.0667. The molecule has 0 amide bonds. The summed E-state index contributed by atoms with van der Waals surface area (Å²) in [5, 5.41) is 5.20. The second-order valence-corrected chi connectivity index (χ2v) is 5.72. The van der Waals surface area contributed by atoms with Crippen LogP contribution in [-0.4, -0.2) is 14.2 Å². The summed E-state index contributed by atoms with van der Waals surface area (Å²) < 4.78 is 9.64. The van der Waals surface area contributed by atoms with Gasteiger partial charge in [0.2, 0.25) is 0 Å². The van der Waals surface area contributed by atoms with Crippen LogP contribution in [-0.2, 0) is 7.05 Å². The van der Waals surface area contributed by atoms with Gasteiger partial charge in [-0.05, 0) is 30.3 Å². The maximum absolute atomic E-state index is 12.4. The third-order valence-electron chi connectivity index (χ3n) is 3.53. The first-order valence-electron chi connectivity index (χ1n) is 6.37. The van der Waals surface area contributed by atoms with Crippen molar-refractivity contribution in [3.63, 3.8) is 0 Å². The van der Waals surface area contributed by atoms with Gasteiger partial charge in [-0.3, -0.25) is 9.36 Å². The average Bonchev–Trinajstić information content (AvgIpc) is 3.13. The second kappa shape index (κ2) is 4.33. The average molecular weight is 344 g/mol. The largest absolute Gasteiger partial charge is 0.463 e. The minimum Gasteiger partial charge on any atom is -0.463 e. The van der Waals surface area contributed by atoms with Crippen molar-refractivity contribution in [2.24, 2.45) is 7.05 Å². The first-order chi connectivity index (χ1) is 10.1. The summed E-state index contributed by atoms with van der Waals surface area (Å²) in [6.07, 6.45) is 1.60. The zero-order valence-electron chi connectivity index (χ0n) is 11.1. The van der Waals surface area contributed by atoms with Crippen LogP contribution in [0.15, 0.2) is 56.3 Å². The maximum Gasteiger partial charge on any atom is 0.261 e. The highest BCUT2D eigenvalue weighted by molar-refractivity contribution is 9.10. The van der Waals surface area contributed by atoms with E-state index in [0.29, 0.717) is 16.8 Å². The predicted octanol–water partition coefficient (Wildman–Crippen LogP) is 3.21. The van der Waals surface area contributed by atoms with Gasteiger partial charge in [0.25, 0.3) is 5.56 Å². The summed E-state index contributed by atoms with van der Waals surface area (Å²) in [6.45, 7) is 0. The summed E-state index contributed by atoms with van der Waals surface area (Å²) in [6, 6.07) is 11.1. The Balaban J connectivity index is 2.19. The predicted molar refractivity (Wildman–Crippen MR) is 83.3 cm³/mol. The first kappa shape index (κ1) is 12.4. The third-order valence-corrected chi connectivity index (χ3v) is 4.02. The molecule has 0 spiro atoms. The molecule has 1 aromatic carbocycles. The highest BCUT2D eigenvalue weighted by atomic mass is 79.9. The lowest BCUT2D eigenvalue weighted by molar-refractivity contribution is 0.579. The van der Waals surface area contributed by atoms with E-state index in [9.17, 15) is 4.79 Å². The summed E-state index contributed by atoms with van der Waals surface area (Å²) in [4.78, 5) is 12.4. The molecule has 0 aliphatic rings. The topological polar surface area (TPSA) is 52.4 Å². The van der Waals surface area contributed by atoms with Gasteiger partial charge in [-0.2, -0.15) is 5.10 Å². The number of hydrogen-bond acceptors (Lipinski definition) is 3. The number of benzene rings is 1. The number of aromatic nitrogens is 3. The molecule has 0 aliphatic heterocycles. The van der Waals surface area contributed by atoms with E-state index in [1.165, 1.54) is 0 Å². The lowest BCUT2D eigenvalue weighted by Crippen LogP contribution is -2.19. The number of furan rings is 1. The zero-order chi connectivity index (χ0) is 14.6. The molecular formula is C15H10BrN3O2. The van der Waals surface area contributed by atoms with E-state index in [2.05, 4.69) is 21.0 Å². The van der Waals surface area contributed by atoms with Crippen molar-refractivity contribution >= 4 is 32.5 Å². The fourth-order valence-corrected chi connectivity index (χ4v) is 2.83. The Kier molecular flexibility index (Phi) is 2.56. The zero-order valence-corrected chi connectivity index (χ0v) is 12.7. The SMILES string of the molecule is Cn1c(=O)c2ccc(Br)cc2n2nc(-c3ccco3)cc12. The molecule has 6 heteroatoms. The highest BCUT2D eigenvalue weighted by Gasteiger charge is 2.14. The molecule has 3 heterocycles. The first-order valence-corrected chi connectivity index (χ1v) is 7.16. The molecular weight excluding hydrogens is 334 g/mol. The number of rotatable bonds is 1. The standard InChI is InChI=1S/C15H10BrN3O2/c1-18-14-8-11(13-3-2-6-21-13)17-19(14)12-7-9(16)4-5-10(12)15(18)20/h2-8H,1H3. The molecule has 0 saturated carbocycles. The minimum atomic E-state index is -0.0455. The van der Waals surface area contributed by atoms with Gasteiger partial charge in [0.1, 0.15) is 11.3 Å². The third kappa shape index (κ3) is 1.76. The van der Waals surface area contributed by atoms with E-state index in [0.717, 1.165) is 15.6 Å².